The fourth-order valence-electron chi connectivity index (χ4n) is 5.14. The highest BCUT2D eigenvalue weighted by Crippen LogP contribution is 2.65. The minimum Gasteiger partial charge on any atom is -0.465 e. The number of rotatable bonds is 2. The summed E-state index contributed by atoms with van der Waals surface area (Å²) in [4.78, 5) is 12.1. The summed E-state index contributed by atoms with van der Waals surface area (Å²) in [7, 11) is 3.79. The summed E-state index contributed by atoms with van der Waals surface area (Å²) in [5.41, 5.74) is 4.70. The monoisotopic (exact) mass is 503 g/mol. The molecule has 4 nitrogen and oxygen atoms in total. The minimum absolute atomic E-state index is 0.244. The van der Waals surface area contributed by atoms with Crippen molar-refractivity contribution >= 4 is 21.3 Å². The fraction of sp³-hybridized carbons (Fsp3) is 0.300. The zero-order chi connectivity index (χ0) is 25.9. The topological polar surface area (TPSA) is 43.8 Å². The minimum atomic E-state index is -0.516. The first-order valence-corrected chi connectivity index (χ1v) is 13.4. The van der Waals surface area contributed by atoms with Crippen molar-refractivity contribution in [1.29, 1.82) is 0 Å². The maximum Gasteiger partial charge on any atom is 0.339 e. The van der Waals surface area contributed by atoms with Crippen LogP contribution >= 0.6 is 9.24 Å². The quantitative estimate of drug-likeness (QED) is 0.181. The Balaban J connectivity index is 0.000000726. The van der Waals surface area contributed by atoms with Crippen molar-refractivity contribution in [3.63, 3.8) is 0 Å². The first-order valence-electron chi connectivity index (χ1n) is 12.2. The molecule has 3 aromatic rings. The molecule has 3 aliphatic rings. The molecule has 0 bridgehead atoms. The second kappa shape index (κ2) is 10.4. The van der Waals surface area contributed by atoms with Gasteiger partial charge in [0.25, 0.3) is 0 Å². The molecule has 1 aliphatic heterocycles. The Kier molecular flexibility index (Phi) is 7.50. The molecule has 2 aliphatic carbocycles. The SMILES string of the molecule is CC.COC(=O)c1ccccc1C#CC12CCC3=Cc4c(ccn4-c4ccc(F)cc4)CC31O2.CP. The molecule has 6 heteroatoms. The van der Waals surface area contributed by atoms with Crippen LogP contribution in [0.2, 0.25) is 0 Å². The van der Waals surface area contributed by atoms with Crippen LogP contribution in [0, 0.1) is 17.7 Å². The van der Waals surface area contributed by atoms with Crippen LogP contribution in [0.5, 0.6) is 0 Å². The summed E-state index contributed by atoms with van der Waals surface area (Å²) in [6.45, 7) is 5.92. The second-order valence-electron chi connectivity index (χ2n) is 8.46. The molecule has 2 fully saturated rings. The molecule has 1 saturated heterocycles. The van der Waals surface area contributed by atoms with E-state index in [2.05, 4.69) is 37.8 Å². The lowest BCUT2D eigenvalue weighted by atomic mass is 9.83. The van der Waals surface area contributed by atoms with Gasteiger partial charge in [-0.3, -0.25) is 0 Å². The molecule has 1 saturated carbocycles. The van der Waals surface area contributed by atoms with Gasteiger partial charge in [0.05, 0.1) is 12.7 Å². The molecule has 0 amide bonds. The number of nitrogens with zero attached hydrogens (tertiary/aromatic N) is 1. The van der Waals surface area contributed by atoms with E-state index in [-0.39, 0.29) is 11.4 Å². The zero-order valence-corrected chi connectivity index (χ0v) is 22.3. The maximum absolute atomic E-state index is 13.4. The molecule has 3 atom stereocenters. The number of methoxy groups -OCH3 is 1. The van der Waals surface area contributed by atoms with Gasteiger partial charge in [0.15, 0.2) is 5.60 Å². The lowest BCUT2D eigenvalue weighted by molar-refractivity contribution is 0.0600. The van der Waals surface area contributed by atoms with Crippen molar-refractivity contribution in [2.75, 3.05) is 13.8 Å². The van der Waals surface area contributed by atoms with Gasteiger partial charge in [-0.15, -0.1) is 9.24 Å². The van der Waals surface area contributed by atoms with Gasteiger partial charge >= 0.3 is 5.97 Å². The van der Waals surface area contributed by atoms with Crippen molar-refractivity contribution in [1.82, 2.24) is 4.57 Å². The molecular weight excluding hydrogens is 472 g/mol. The number of hydrogen-bond donors (Lipinski definition) is 0. The van der Waals surface area contributed by atoms with Gasteiger partial charge in [0.2, 0.25) is 0 Å². The first-order chi connectivity index (χ1) is 17.6. The summed E-state index contributed by atoms with van der Waals surface area (Å²) in [6, 6.07) is 15.9. The predicted molar refractivity (Wildman–Crippen MR) is 145 cm³/mol. The molecule has 6 rings (SSSR count). The molecule has 0 N–H and O–H groups in total. The van der Waals surface area contributed by atoms with Gasteiger partial charge in [-0.1, -0.05) is 44.5 Å². The Morgan fingerprint density at radius 2 is 1.83 bits per heavy atom. The van der Waals surface area contributed by atoms with Crippen molar-refractivity contribution in [3.05, 3.63) is 94.6 Å². The number of aromatic nitrogens is 1. The summed E-state index contributed by atoms with van der Waals surface area (Å²) in [5.74, 6) is 5.92. The van der Waals surface area contributed by atoms with E-state index in [0.717, 1.165) is 30.6 Å². The van der Waals surface area contributed by atoms with Crippen molar-refractivity contribution in [3.8, 4) is 17.5 Å². The van der Waals surface area contributed by atoms with Gasteiger partial charge in [0, 0.05) is 29.6 Å². The van der Waals surface area contributed by atoms with Crippen LogP contribution in [0.4, 0.5) is 4.39 Å². The van der Waals surface area contributed by atoms with Crippen molar-refractivity contribution in [2.24, 2.45) is 0 Å². The molecule has 186 valence electrons. The number of fused-ring (bicyclic) bond motifs is 1. The van der Waals surface area contributed by atoms with Crippen LogP contribution in [0.15, 0.2) is 66.4 Å². The molecule has 36 heavy (non-hydrogen) atoms. The number of hydrogen-bond acceptors (Lipinski definition) is 3. The number of ether oxygens (including phenoxy) is 2. The second-order valence-corrected chi connectivity index (χ2v) is 8.46. The summed E-state index contributed by atoms with van der Waals surface area (Å²) in [6.07, 6.45) is 6.74. The van der Waals surface area contributed by atoms with Gasteiger partial charge in [-0.25, -0.2) is 9.18 Å². The Labute approximate surface area is 214 Å². The average Bonchev–Trinajstić information content (AvgIpc) is 3.19. The molecule has 2 aromatic carbocycles. The lowest BCUT2D eigenvalue weighted by Crippen LogP contribution is -2.25. The van der Waals surface area contributed by atoms with E-state index in [1.54, 1.807) is 24.3 Å². The molecule has 0 radical (unpaired) electrons. The third-order valence-electron chi connectivity index (χ3n) is 6.82. The highest BCUT2D eigenvalue weighted by atomic mass is 31.0. The first kappa shape index (κ1) is 25.9. The van der Waals surface area contributed by atoms with E-state index >= 15 is 0 Å². The Morgan fingerprint density at radius 3 is 2.56 bits per heavy atom. The predicted octanol–water partition coefficient (Wildman–Crippen LogP) is 6.21. The van der Waals surface area contributed by atoms with Crippen LogP contribution in [-0.2, 0) is 15.9 Å². The van der Waals surface area contributed by atoms with Crippen LogP contribution in [0.25, 0.3) is 11.8 Å². The number of carbonyl (C=O) groups is 1. The summed E-state index contributed by atoms with van der Waals surface area (Å²) in [5, 5.41) is 0. The van der Waals surface area contributed by atoms with E-state index in [4.69, 9.17) is 9.47 Å². The average molecular weight is 504 g/mol. The van der Waals surface area contributed by atoms with Crippen molar-refractivity contribution in [2.45, 2.75) is 44.3 Å². The maximum atomic E-state index is 13.4. The largest absolute Gasteiger partial charge is 0.465 e. The van der Waals surface area contributed by atoms with E-state index < -0.39 is 11.6 Å². The van der Waals surface area contributed by atoms with Gasteiger partial charge in [-0.2, -0.15) is 0 Å². The summed E-state index contributed by atoms with van der Waals surface area (Å²) < 4.78 is 26.7. The molecule has 2 heterocycles. The molecule has 1 aromatic heterocycles. The standard InChI is InChI=1S/C27H20FNO3.C2H6.CH5P/c1-31-25(30)23-5-3-2-4-18(23)10-13-26-14-11-20-16-24-19(17-27(20,26)32-26)12-15-29(24)22-8-6-21(28)7-9-22;2*1-2/h2-9,12,15-16H,11,14,17H2,1H3;1-2H3;2H2,1H3. The third kappa shape index (κ3) is 4.19. The van der Waals surface area contributed by atoms with Crippen molar-refractivity contribution < 1.29 is 18.7 Å². The summed E-state index contributed by atoms with van der Waals surface area (Å²) >= 11 is 0. The smallest absolute Gasteiger partial charge is 0.339 e. The zero-order valence-electron chi connectivity index (χ0n) is 21.1. The number of benzene rings is 2. The Hall–Kier alpha value is -3.19. The van der Waals surface area contributed by atoms with E-state index in [0.29, 0.717) is 11.1 Å². The molecule has 1 spiro atoms. The Morgan fingerprint density at radius 1 is 1.11 bits per heavy atom. The normalized spacial score (nSPS) is 22.0. The van der Waals surface area contributed by atoms with E-state index in [9.17, 15) is 9.18 Å². The van der Waals surface area contributed by atoms with Crippen LogP contribution in [0.1, 0.15) is 53.9 Å². The van der Waals surface area contributed by atoms with Gasteiger partial charge < -0.3 is 14.0 Å². The third-order valence-corrected chi connectivity index (χ3v) is 6.82. The van der Waals surface area contributed by atoms with Crippen LogP contribution < -0.4 is 0 Å². The number of halogens is 1. The van der Waals surface area contributed by atoms with Crippen LogP contribution in [0.3, 0.4) is 0 Å². The highest BCUT2D eigenvalue weighted by Gasteiger charge is 2.75. The van der Waals surface area contributed by atoms with E-state index in [1.807, 2.05) is 38.8 Å². The molecule has 3 unspecified atom stereocenters. The Bertz CT molecular complexity index is 1360. The van der Waals surface area contributed by atoms with E-state index in [1.165, 1.54) is 30.4 Å². The number of esters is 1. The van der Waals surface area contributed by atoms with Crippen LogP contribution in [-0.4, -0.2) is 35.5 Å². The highest BCUT2D eigenvalue weighted by molar-refractivity contribution is 7.15. The number of epoxide rings is 1. The number of carbonyl (C=O) groups excluding carboxylic acids is 1. The lowest BCUT2D eigenvalue weighted by Gasteiger charge is -2.20. The fourth-order valence-corrected chi connectivity index (χ4v) is 5.14. The van der Waals surface area contributed by atoms with Gasteiger partial charge in [0.1, 0.15) is 11.4 Å². The molecular formula is C30H31FNO3P. The van der Waals surface area contributed by atoms with Gasteiger partial charge in [-0.05, 0) is 72.5 Å².